The van der Waals surface area contributed by atoms with Crippen molar-refractivity contribution in [3.63, 3.8) is 0 Å². The zero-order valence-corrected chi connectivity index (χ0v) is 12.5. The normalized spacial score (nSPS) is 18.7. The van der Waals surface area contributed by atoms with E-state index in [0.717, 1.165) is 5.56 Å². The van der Waals surface area contributed by atoms with Crippen LogP contribution in [-0.4, -0.2) is 18.1 Å². The van der Waals surface area contributed by atoms with Gasteiger partial charge < -0.3 is 10.1 Å². The molecule has 20 heavy (non-hydrogen) atoms. The zero-order chi connectivity index (χ0) is 14.4. The highest BCUT2D eigenvalue weighted by Gasteiger charge is 2.29. The van der Waals surface area contributed by atoms with Gasteiger partial charge in [0.15, 0.2) is 0 Å². The second-order valence-corrected chi connectivity index (χ2v) is 6.14. The molecule has 1 aromatic carbocycles. The van der Waals surface area contributed by atoms with Gasteiger partial charge in [0.05, 0.1) is 5.92 Å². The molecule has 1 aliphatic carbocycles. The lowest BCUT2D eigenvalue weighted by Gasteiger charge is -2.26. The van der Waals surface area contributed by atoms with Crippen LogP contribution < -0.4 is 5.32 Å². The Balaban J connectivity index is 1.72. The Morgan fingerprint density at radius 2 is 1.95 bits per heavy atom. The summed E-state index contributed by atoms with van der Waals surface area (Å²) in [5.41, 5.74) is 1.25. The first-order valence-electron chi connectivity index (χ1n) is 7.55. The summed E-state index contributed by atoms with van der Waals surface area (Å²) in [6.07, 6.45) is 4.99. The maximum absolute atomic E-state index is 12.0. The van der Waals surface area contributed by atoms with Crippen molar-refractivity contribution >= 4 is 5.97 Å². The fourth-order valence-corrected chi connectivity index (χ4v) is 2.69. The summed E-state index contributed by atoms with van der Waals surface area (Å²) >= 11 is 0. The minimum Gasteiger partial charge on any atom is -0.461 e. The van der Waals surface area contributed by atoms with Crippen LogP contribution in [0.3, 0.4) is 0 Å². The van der Waals surface area contributed by atoms with Crippen LogP contribution in [0.2, 0.25) is 0 Å². The Morgan fingerprint density at radius 1 is 1.30 bits per heavy atom. The maximum atomic E-state index is 12.0. The molecule has 1 saturated carbocycles. The van der Waals surface area contributed by atoms with E-state index < -0.39 is 0 Å². The Labute approximate surface area is 121 Å². The van der Waals surface area contributed by atoms with Crippen LogP contribution in [-0.2, 0) is 16.1 Å². The summed E-state index contributed by atoms with van der Waals surface area (Å²) < 4.78 is 5.36. The quantitative estimate of drug-likeness (QED) is 0.810. The van der Waals surface area contributed by atoms with Gasteiger partial charge in [0.2, 0.25) is 0 Å². The average molecular weight is 275 g/mol. The van der Waals surface area contributed by atoms with Gasteiger partial charge >= 0.3 is 5.97 Å². The number of esters is 1. The molecule has 1 aliphatic rings. The van der Waals surface area contributed by atoms with E-state index in [4.69, 9.17) is 4.74 Å². The summed E-state index contributed by atoms with van der Waals surface area (Å²) in [5.74, 6) is -0.223. The van der Waals surface area contributed by atoms with E-state index in [1.54, 1.807) is 0 Å². The Kier molecular flexibility index (Phi) is 5.18. The van der Waals surface area contributed by atoms with E-state index in [9.17, 15) is 4.79 Å². The van der Waals surface area contributed by atoms with E-state index in [1.165, 1.54) is 25.7 Å². The number of carbonyl (C=O) groups excluding carboxylic acids is 1. The monoisotopic (exact) mass is 275 g/mol. The van der Waals surface area contributed by atoms with Gasteiger partial charge in [-0.25, -0.2) is 0 Å². The first-order valence-corrected chi connectivity index (χ1v) is 7.55. The molecule has 1 fully saturated rings. The summed E-state index contributed by atoms with van der Waals surface area (Å²) in [4.78, 5) is 12.0. The molecular weight excluding hydrogens is 250 g/mol. The molecule has 0 aliphatic heterocycles. The third-order valence-corrected chi connectivity index (χ3v) is 4.17. The number of hydrogen-bond acceptors (Lipinski definition) is 3. The first kappa shape index (κ1) is 15.0. The molecule has 1 unspecified atom stereocenters. The van der Waals surface area contributed by atoms with Crippen LogP contribution in [0.5, 0.6) is 0 Å². The Morgan fingerprint density at radius 3 is 2.60 bits per heavy atom. The van der Waals surface area contributed by atoms with Crippen molar-refractivity contribution < 1.29 is 9.53 Å². The van der Waals surface area contributed by atoms with E-state index in [-0.39, 0.29) is 17.4 Å². The highest BCUT2D eigenvalue weighted by Crippen LogP contribution is 2.28. The summed E-state index contributed by atoms with van der Waals surface area (Å²) in [6.45, 7) is 5.24. The molecule has 2 rings (SSSR count). The second kappa shape index (κ2) is 6.89. The summed E-state index contributed by atoms with van der Waals surface area (Å²) in [5, 5.41) is 3.54. The number of ether oxygens (including phenoxy) is 1. The second-order valence-electron chi connectivity index (χ2n) is 6.14. The predicted molar refractivity (Wildman–Crippen MR) is 80.3 cm³/mol. The molecule has 0 spiro atoms. The first-order chi connectivity index (χ1) is 9.59. The van der Waals surface area contributed by atoms with Crippen LogP contribution in [0, 0.1) is 5.92 Å². The van der Waals surface area contributed by atoms with E-state index in [0.29, 0.717) is 13.2 Å². The van der Waals surface area contributed by atoms with Crippen LogP contribution in [0.1, 0.15) is 45.1 Å². The molecule has 0 radical (unpaired) electrons. The number of carbonyl (C=O) groups is 1. The van der Waals surface area contributed by atoms with Gasteiger partial charge in [0.25, 0.3) is 0 Å². The molecule has 1 aromatic rings. The van der Waals surface area contributed by atoms with Crippen LogP contribution in [0.4, 0.5) is 0 Å². The molecule has 3 nitrogen and oxygen atoms in total. The summed E-state index contributed by atoms with van der Waals surface area (Å²) in [6, 6.07) is 9.80. The smallest absolute Gasteiger partial charge is 0.310 e. The fourth-order valence-electron chi connectivity index (χ4n) is 2.69. The highest BCUT2D eigenvalue weighted by atomic mass is 16.5. The lowest BCUT2D eigenvalue weighted by molar-refractivity contribution is -0.149. The van der Waals surface area contributed by atoms with Gasteiger partial charge in [-0.05, 0) is 25.3 Å². The molecule has 0 bridgehead atoms. The third kappa shape index (κ3) is 4.34. The zero-order valence-electron chi connectivity index (χ0n) is 12.5. The van der Waals surface area contributed by atoms with Gasteiger partial charge in [0, 0.05) is 12.1 Å². The lowest BCUT2D eigenvalue weighted by atomic mass is 9.99. The molecule has 0 amide bonds. The van der Waals surface area contributed by atoms with Crippen molar-refractivity contribution in [2.24, 2.45) is 5.92 Å². The van der Waals surface area contributed by atoms with E-state index in [1.807, 2.05) is 37.3 Å². The van der Waals surface area contributed by atoms with Crippen LogP contribution >= 0.6 is 0 Å². The Hall–Kier alpha value is -1.35. The molecule has 0 saturated heterocycles. The van der Waals surface area contributed by atoms with Crippen molar-refractivity contribution in [1.29, 1.82) is 0 Å². The van der Waals surface area contributed by atoms with Crippen molar-refractivity contribution in [1.82, 2.24) is 5.32 Å². The molecule has 0 heterocycles. The third-order valence-electron chi connectivity index (χ3n) is 4.17. The molecular formula is C17H25NO2. The van der Waals surface area contributed by atoms with E-state index >= 15 is 0 Å². The number of hydrogen-bond donors (Lipinski definition) is 1. The SMILES string of the molecule is CC(CNC1(C)CCCC1)C(=O)OCc1ccccc1. The van der Waals surface area contributed by atoms with Gasteiger partial charge in [-0.15, -0.1) is 0 Å². The standard InChI is InChI=1S/C17H25NO2/c1-14(12-18-17(2)10-6-7-11-17)16(19)20-13-15-8-4-3-5-9-15/h3-5,8-9,14,18H,6-7,10-13H2,1-2H3. The lowest BCUT2D eigenvalue weighted by Crippen LogP contribution is -2.43. The number of nitrogens with one attached hydrogen (secondary N) is 1. The minimum absolute atomic E-state index is 0.101. The Bertz CT molecular complexity index is 424. The topological polar surface area (TPSA) is 38.3 Å². The van der Waals surface area contributed by atoms with Crippen LogP contribution in [0.25, 0.3) is 0 Å². The highest BCUT2D eigenvalue weighted by molar-refractivity contribution is 5.72. The van der Waals surface area contributed by atoms with Crippen molar-refractivity contribution in [3.05, 3.63) is 35.9 Å². The largest absolute Gasteiger partial charge is 0.461 e. The predicted octanol–water partition coefficient (Wildman–Crippen LogP) is 3.29. The van der Waals surface area contributed by atoms with Gasteiger partial charge in [-0.2, -0.15) is 0 Å². The summed E-state index contributed by atoms with van der Waals surface area (Å²) in [7, 11) is 0. The maximum Gasteiger partial charge on any atom is 0.310 e. The minimum atomic E-state index is -0.122. The van der Waals surface area contributed by atoms with Crippen molar-refractivity contribution in [2.45, 2.75) is 51.7 Å². The van der Waals surface area contributed by atoms with Crippen molar-refractivity contribution in [3.8, 4) is 0 Å². The molecule has 1 atom stereocenters. The fraction of sp³-hybridized carbons (Fsp3) is 0.588. The van der Waals surface area contributed by atoms with Gasteiger partial charge in [-0.1, -0.05) is 50.1 Å². The van der Waals surface area contributed by atoms with Gasteiger partial charge in [0.1, 0.15) is 6.61 Å². The number of benzene rings is 1. The molecule has 0 aromatic heterocycles. The molecule has 110 valence electrons. The van der Waals surface area contributed by atoms with Crippen molar-refractivity contribution in [2.75, 3.05) is 6.54 Å². The number of rotatable bonds is 6. The molecule has 1 N–H and O–H groups in total. The molecule has 3 heteroatoms. The van der Waals surface area contributed by atoms with Gasteiger partial charge in [-0.3, -0.25) is 4.79 Å². The van der Waals surface area contributed by atoms with E-state index in [2.05, 4.69) is 12.2 Å². The average Bonchev–Trinajstić information content (AvgIpc) is 2.90. The van der Waals surface area contributed by atoms with Crippen LogP contribution in [0.15, 0.2) is 30.3 Å².